The molecule has 0 aliphatic carbocycles. The molecule has 0 aliphatic heterocycles. The molecular formula is C16H14ClN3O4. The van der Waals surface area contributed by atoms with Gasteiger partial charge in [0.05, 0.1) is 10.7 Å². The maximum atomic E-state index is 12.1. The topological polar surface area (TPSA) is 122 Å². The van der Waals surface area contributed by atoms with E-state index < -0.39 is 18.4 Å². The first-order valence-corrected chi connectivity index (χ1v) is 7.21. The number of nitrogen functional groups attached to an aromatic ring is 1. The highest BCUT2D eigenvalue weighted by atomic mass is 35.5. The Morgan fingerprint density at radius 3 is 2.21 bits per heavy atom. The van der Waals surface area contributed by atoms with E-state index in [-0.39, 0.29) is 11.5 Å². The number of amides is 2. The van der Waals surface area contributed by atoms with Gasteiger partial charge in [0.1, 0.15) is 6.54 Å². The molecular weight excluding hydrogens is 334 g/mol. The van der Waals surface area contributed by atoms with Crippen LogP contribution in [0.5, 0.6) is 0 Å². The largest absolute Gasteiger partial charge is 0.480 e. The average molecular weight is 348 g/mol. The molecule has 8 heteroatoms. The third kappa shape index (κ3) is 4.47. The number of nitrogens with two attached hydrogens (primary N) is 1. The van der Waals surface area contributed by atoms with Gasteiger partial charge >= 0.3 is 5.97 Å². The van der Waals surface area contributed by atoms with Gasteiger partial charge in [0.15, 0.2) is 0 Å². The van der Waals surface area contributed by atoms with Gasteiger partial charge < -0.3 is 21.5 Å². The SMILES string of the molecule is Nc1cc(C(=O)Nc2ccc(C(=O)NCC(=O)O)cc2)ccc1Cl. The van der Waals surface area contributed by atoms with E-state index in [1.807, 2.05) is 0 Å². The number of anilines is 2. The summed E-state index contributed by atoms with van der Waals surface area (Å²) in [5.41, 5.74) is 7.06. The Balaban J connectivity index is 2.03. The van der Waals surface area contributed by atoms with Crippen molar-refractivity contribution in [3.63, 3.8) is 0 Å². The summed E-state index contributed by atoms with van der Waals surface area (Å²) in [6.07, 6.45) is 0. The highest BCUT2D eigenvalue weighted by Crippen LogP contribution is 2.20. The van der Waals surface area contributed by atoms with Crippen molar-refractivity contribution < 1.29 is 19.5 Å². The van der Waals surface area contributed by atoms with E-state index >= 15 is 0 Å². The predicted octanol–water partition coefficient (Wildman–Crippen LogP) is 1.99. The molecule has 0 radical (unpaired) electrons. The molecule has 0 unspecified atom stereocenters. The lowest BCUT2D eigenvalue weighted by molar-refractivity contribution is -0.135. The molecule has 0 fully saturated rings. The lowest BCUT2D eigenvalue weighted by Crippen LogP contribution is -2.29. The number of rotatable bonds is 5. The number of benzene rings is 2. The molecule has 0 saturated carbocycles. The molecule has 7 nitrogen and oxygen atoms in total. The number of hydrogen-bond donors (Lipinski definition) is 4. The second-order valence-electron chi connectivity index (χ2n) is 4.84. The van der Waals surface area contributed by atoms with Gasteiger partial charge in [-0.15, -0.1) is 0 Å². The first kappa shape index (κ1) is 17.3. The Bertz CT molecular complexity index is 790. The van der Waals surface area contributed by atoms with Gasteiger partial charge in [-0.1, -0.05) is 11.6 Å². The molecule has 5 N–H and O–H groups in total. The summed E-state index contributed by atoms with van der Waals surface area (Å²) in [6, 6.07) is 10.6. The maximum absolute atomic E-state index is 12.1. The summed E-state index contributed by atoms with van der Waals surface area (Å²) in [5, 5.41) is 13.8. The fourth-order valence-electron chi connectivity index (χ4n) is 1.85. The number of halogens is 1. The summed E-state index contributed by atoms with van der Waals surface area (Å²) in [5.74, 6) is -2.02. The highest BCUT2D eigenvalue weighted by Gasteiger charge is 2.10. The number of carboxylic acid groups (broad SMARTS) is 1. The van der Waals surface area contributed by atoms with Gasteiger partial charge in [0.25, 0.3) is 11.8 Å². The monoisotopic (exact) mass is 347 g/mol. The second kappa shape index (κ2) is 7.47. The molecule has 0 heterocycles. The van der Waals surface area contributed by atoms with Gasteiger partial charge in [-0.2, -0.15) is 0 Å². The minimum Gasteiger partial charge on any atom is -0.480 e. The molecule has 0 spiro atoms. The van der Waals surface area contributed by atoms with E-state index in [0.29, 0.717) is 22.0 Å². The Morgan fingerprint density at radius 1 is 1.00 bits per heavy atom. The molecule has 0 aliphatic rings. The molecule has 24 heavy (non-hydrogen) atoms. The minimum absolute atomic E-state index is 0.282. The summed E-state index contributed by atoms with van der Waals surface area (Å²) in [6.45, 7) is -0.463. The molecule has 0 aromatic heterocycles. The van der Waals surface area contributed by atoms with Gasteiger partial charge in [-0.25, -0.2) is 0 Å². The quantitative estimate of drug-likeness (QED) is 0.616. The molecule has 0 bridgehead atoms. The maximum Gasteiger partial charge on any atom is 0.322 e. The third-order valence-electron chi connectivity index (χ3n) is 3.06. The minimum atomic E-state index is -1.13. The summed E-state index contributed by atoms with van der Waals surface area (Å²) >= 11 is 5.81. The van der Waals surface area contributed by atoms with E-state index in [0.717, 1.165) is 0 Å². The third-order valence-corrected chi connectivity index (χ3v) is 3.41. The Kier molecular flexibility index (Phi) is 5.39. The zero-order valence-electron chi connectivity index (χ0n) is 12.4. The number of carboxylic acids is 1. The van der Waals surface area contributed by atoms with Crippen LogP contribution in [0.2, 0.25) is 5.02 Å². The van der Waals surface area contributed by atoms with Crippen LogP contribution >= 0.6 is 11.6 Å². The van der Waals surface area contributed by atoms with Gasteiger partial charge in [-0.05, 0) is 42.5 Å². The Morgan fingerprint density at radius 2 is 1.62 bits per heavy atom. The van der Waals surface area contributed by atoms with Crippen LogP contribution in [0.4, 0.5) is 11.4 Å². The number of nitrogens with one attached hydrogen (secondary N) is 2. The van der Waals surface area contributed by atoms with Gasteiger partial charge in [-0.3, -0.25) is 14.4 Å². The van der Waals surface area contributed by atoms with Crippen LogP contribution in [0.3, 0.4) is 0 Å². The highest BCUT2D eigenvalue weighted by molar-refractivity contribution is 6.33. The molecule has 2 aromatic carbocycles. The van der Waals surface area contributed by atoms with Crippen LogP contribution in [0.1, 0.15) is 20.7 Å². The lowest BCUT2D eigenvalue weighted by Gasteiger charge is -2.08. The second-order valence-corrected chi connectivity index (χ2v) is 5.25. The normalized spacial score (nSPS) is 10.0. The summed E-state index contributed by atoms with van der Waals surface area (Å²) in [7, 11) is 0. The van der Waals surface area contributed by atoms with Gasteiger partial charge in [0, 0.05) is 16.8 Å². The van der Waals surface area contributed by atoms with Crippen LogP contribution in [-0.4, -0.2) is 29.4 Å². The van der Waals surface area contributed by atoms with E-state index in [1.54, 1.807) is 6.07 Å². The lowest BCUT2D eigenvalue weighted by atomic mass is 10.1. The van der Waals surface area contributed by atoms with Crippen molar-refractivity contribution in [1.29, 1.82) is 0 Å². The van der Waals surface area contributed by atoms with Crippen LogP contribution < -0.4 is 16.4 Å². The van der Waals surface area contributed by atoms with E-state index in [9.17, 15) is 14.4 Å². The van der Waals surface area contributed by atoms with Crippen molar-refractivity contribution in [3.05, 3.63) is 58.6 Å². The van der Waals surface area contributed by atoms with Crippen molar-refractivity contribution in [2.75, 3.05) is 17.6 Å². The zero-order valence-corrected chi connectivity index (χ0v) is 13.1. The summed E-state index contributed by atoms with van der Waals surface area (Å²) in [4.78, 5) is 34.2. The van der Waals surface area contributed by atoms with Crippen LogP contribution in [0.15, 0.2) is 42.5 Å². The van der Waals surface area contributed by atoms with Crippen LogP contribution in [-0.2, 0) is 4.79 Å². The van der Waals surface area contributed by atoms with E-state index in [2.05, 4.69) is 10.6 Å². The fraction of sp³-hybridized carbons (Fsp3) is 0.0625. The number of hydrogen-bond acceptors (Lipinski definition) is 4. The molecule has 2 rings (SSSR count). The van der Waals surface area contributed by atoms with Gasteiger partial charge in [0.2, 0.25) is 0 Å². The number of carbonyl (C=O) groups excluding carboxylic acids is 2. The first-order chi connectivity index (χ1) is 11.4. The predicted molar refractivity (Wildman–Crippen MR) is 90.2 cm³/mol. The van der Waals surface area contributed by atoms with Crippen molar-refractivity contribution in [3.8, 4) is 0 Å². The number of carbonyl (C=O) groups is 3. The molecule has 0 atom stereocenters. The molecule has 0 saturated heterocycles. The van der Waals surface area contributed by atoms with Crippen molar-refractivity contribution in [1.82, 2.24) is 5.32 Å². The fourth-order valence-corrected chi connectivity index (χ4v) is 1.97. The molecule has 2 aromatic rings. The first-order valence-electron chi connectivity index (χ1n) is 6.83. The number of aliphatic carboxylic acids is 1. The average Bonchev–Trinajstić information content (AvgIpc) is 2.55. The van der Waals surface area contributed by atoms with Crippen LogP contribution in [0.25, 0.3) is 0 Å². The molecule has 2 amide bonds. The molecule has 124 valence electrons. The summed E-state index contributed by atoms with van der Waals surface area (Å²) < 4.78 is 0. The zero-order chi connectivity index (χ0) is 17.7. The standard InChI is InChI=1S/C16H14ClN3O4/c17-12-6-3-10(7-13(12)18)16(24)20-11-4-1-9(2-5-11)15(23)19-8-14(21)22/h1-7H,8,18H2,(H,19,23)(H,20,24)(H,21,22). The van der Waals surface area contributed by atoms with Crippen molar-refractivity contribution in [2.45, 2.75) is 0 Å². The Labute approximate surface area is 142 Å². The van der Waals surface area contributed by atoms with Crippen molar-refractivity contribution >= 4 is 40.8 Å². The van der Waals surface area contributed by atoms with E-state index in [1.165, 1.54) is 36.4 Å². The van der Waals surface area contributed by atoms with E-state index in [4.69, 9.17) is 22.4 Å². The van der Waals surface area contributed by atoms with Crippen molar-refractivity contribution in [2.24, 2.45) is 0 Å². The Hall–Kier alpha value is -3.06. The van der Waals surface area contributed by atoms with Crippen LogP contribution in [0, 0.1) is 0 Å². The smallest absolute Gasteiger partial charge is 0.322 e.